The van der Waals surface area contributed by atoms with Gasteiger partial charge in [0.25, 0.3) is 0 Å². The van der Waals surface area contributed by atoms with Crippen molar-refractivity contribution in [2.24, 2.45) is 0 Å². The zero-order valence-electron chi connectivity index (χ0n) is 19.2. The van der Waals surface area contributed by atoms with Gasteiger partial charge in [-0.1, -0.05) is 24.3 Å². The van der Waals surface area contributed by atoms with Crippen molar-refractivity contribution in [1.82, 2.24) is 19.5 Å². The topological polar surface area (TPSA) is 74.5 Å². The first-order valence-corrected chi connectivity index (χ1v) is 11.3. The molecule has 182 valence electrons. The summed E-state index contributed by atoms with van der Waals surface area (Å²) >= 11 is 0. The van der Waals surface area contributed by atoms with Crippen LogP contribution >= 0.6 is 0 Å². The molecule has 2 aromatic heterocycles. The molecular formula is C25H25F2N5O3. The minimum Gasteiger partial charge on any atom is -0.434 e. The van der Waals surface area contributed by atoms with E-state index in [0.717, 1.165) is 35.2 Å². The fraction of sp³-hybridized carbons (Fsp3) is 0.320. The second kappa shape index (κ2) is 10.3. The summed E-state index contributed by atoms with van der Waals surface area (Å²) in [6.07, 6.45) is 3.61. The highest BCUT2D eigenvalue weighted by Gasteiger charge is 2.17. The van der Waals surface area contributed by atoms with Crippen molar-refractivity contribution in [3.63, 3.8) is 0 Å². The zero-order valence-corrected chi connectivity index (χ0v) is 19.2. The summed E-state index contributed by atoms with van der Waals surface area (Å²) in [5, 5.41) is 0. The molecule has 0 spiro atoms. The average molecular weight is 482 g/mol. The number of nitrogens with zero attached hydrogens (tertiary/aromatic N) is 5. The third-order valence-corrected chi connectivity index (χ3v) is 5.88. The number of aromatic nitrogens is 4. The molecule has 1 saturated heterocycles. The molecule has 10 heteroatoms. The number of hydrogen-bond donors (Lipinski definition) is 0. The number of rotatable bonds is 8. The molecule has 1 fully saturated rings. The Hall–Kier alpha value is -3.63. The van der Waals surface area contributed by atoms with Gasteiger partial charge in [0.05, 0.1) is 30.8 Å². The molecular weight excluding hydrogens is 456 g/mol. The van der Waals surface area contributed by atoms with Gasteiger partial charge in [0, 0.05) is 43.7 Å². The predicted octanol–water partition coefficient (Wildman–Crippen LogP) is 4.13. The molecule has 0 aliphatic carbocycles. The highest BCUT2D eigenvalue weighted by Crippen LogP contribution is 2.28. The molecule has 0 radical (unpaired) electrons. The summed E-state index contributed by atoms with van der Waals surface area (Å²) in [5.74, 6) is 1.50. The van der Waals surface area contributed by atoms with Gasteiger partial charge in [-0.05, 0) is 23.8 Å². The Bertz CT molecular complexity index is 1290. The van der Waals surface area contributed by atoms with E-state index >= 15 is 0 Å². The Kier molecular flexibility index (Phi) is 6.82. The van der Waals surface area contributed by atoms with Crippen molar-refractivity contribution in [2.45, 2.75) is 19.8 Å². The number of benzene rings is 2. The molecule has 0 N–H and O–H groups in total. The summed E-state index contributed by atoms with van der Waals surface area (Å²) in [4.78, 5) is 15.9. The fourth-order valence-electron chi connectivity index (χ4n) is 4.18. The second-order valence-corrected chi connectivity index (χ2v) is 8.11. The van der Waals surface area contributed by atoms with Crippen molar-refractivity contribution in [3.05, 3.63) is 66.2 Å². The zero-order chi connectivity index (χ0) is 24.2. The number of morpholine rings is 1. The SMILES string of the molecule is COCc1nc2ccc(-c3cnc(N4CCOCC4)nc3)cc2n1Cc1ccccc1OC(F)F. The van der Waals surface area contributed by atoms with Crippen LogP contribution < -0.4 is 9.64 Å². The van der Waals surface area contributed by atoms with Crippen molar-refractivity contribution < 1.29 is 23.0 Å². The van der Waals surface area contributed by atoms with Crippen LogP contribution in [-0.2, 0) is 22.6 Å². The van der Waals surface area contributed by atoms with Crippen LogP contribution in [0.15, 0.2) is 54.9 Å². The van der Waals surface area contributed by atoms with E-state index in [1.807, 2.05) is 35.2 Å². The lowest BCUT2D eigenvalue weighted by molar-refractivity contribution is -0.0504. The Morgan fingerprint density at radius 1 is 1.03 bits per heavy atom. The number of alkyl halides is 2. The Morgan fingerprint density at radius 2 is 1.80 bits per heavy atom. The van der Waals surface area contributed by atoms with Crippen LogP contribution in [0.5, 0.6) is 5.75 Å². The molecule has 0 unspecified atom stereocenters. The monoisotopic (exact) mass is 481 g/mol. The van der Waals surface area contributed by atoms with E-state index in [4.69, 9.17) is 19.2 Å². The number of methoxy groups -OCH3 is 1. The third-order valence-electron chi connectivity index (χ3n) is 5.88. The number of hydrogen-bond acceptors (Lipinski definition) is 7. The molecule has 0 bridgehead atoms. The molecule has 1 aliphatic heterocycles. The van der Waals surface area contributed by atoms with Crippen LogP contribution in [0.4, 0.5) is 14.7 Å². The van der Waals surface area contributed by atoms with Crippen LogP contribution in [-0.4, -0.2) is 59.5 Å². The summed E-state index contributed by atoms with van der Waals surface area (Å²) in [6, 6.07) is 12.7. The van der Waals surface area contributed by atoms with Crippen LogP contribution in [0.25, 0.3) is 22.2 Å². The van der Waals surface area contributed by atoms with E-state index in [1.54, 1.807) is 25.3 Å². The van der Waals surface area contributed by atoms with Gasteiger partial charge in [0.15, 0.2) is 0 Å². The molecule has 1 aliphatic rings. The standard InChI is InChI=1S/C25H25F2N5O3/c1-33-16-23-30-20-7-6-17(19-13-28-25(29-14-19)31-8-10-34-11-9-31)12-21(20)32(23)15-18-4-2-3-5-22(18)35-24(26)27/h2-7,12-14,24H,8-11,15-16H2,1H3. The first-order valence-electron chi connectivity index (χ1n) is 11.3. The molecule has 3 heterocycles. The van der Waals surface area contributed by atoms with Gasteiger partial charge in [-0.25, -0.2) is 15.0 Å². The van der Waals surface area contributed by atoms with E-state index < -0.39 is 6.61 Å². The van der Waals surface area contributed by atoms with Gasteiger partial charge in [-0.3, -0.25) is 0 Å². The van der Waals surface area contributed by atoms with Crippen molar-refractivity contribution in [3.8, 4) is 16.9 Å². The van der Waals surface area contributed by atoms with E-state index in [9.17, 15) is 8.78 Å². The normalized spacial score (nSPS) is 14.1. The quantitative estimate of drug-likeness (QED) is 0.375. The minimum atomic E-state index is -2.90. The molecule has 0 atom stereocenters. The summed E-state index contributed by atoms with van der Waals surface area (Å²) in [5.41, 5.74) is 4.03. The maximum Gasteiger partial charge on any atom is 0.387 e. The predicted molar refractivity (Wildman–Crippen MR) is 127 cm³/mol. The first kappa shape index (κ1) is 23.1. The lowest BCUT2D eigenvalue weighted by atomic mass is 10.1. The number of anilines is 1. The molecule has 2 aromatic carbocycles. The lowest BCUT2D eigenvalue weighted by Gasteiger charge is -2.26. The van der Waals surface area contributed by atoms with Crippen molar-refractivity contribution in [1.29, 1.82) is 0 Å². The Balaban J connectivity index is 1.49. The van der Waals surface area contributed by atoms with Crippen LogP contribution in [0.2, 0.25) is 0 Å². The maximum atomic E-state index is 12.9. The highest BCUT2D eigenvalue weighted by atomic mass is 19.3. The third kappa shape index (κ3) is 5.08. The Labute approximate surface area is 201 Å². The number of ether oxygens (including phenoxy) is 3. The van der Waals surface area contributed by atoms with E-state index in [2.05, 4.69) is 14.9 Å². The largest absolute Gasteiger partial charge is 0.434 e. The minimum absolute atomic E-state index is 0.135. The van der Waals surface area contributed by atoms with Gasteiger partial charge in [-0.2, -0.15) is 8.78 Å². The lowest BCUT2D eigenvalue weighted by Crippen LogP contribution is -2.37. The highest BCUT2D eigenvalue weighted by molar-refractivity contribution is 5.82. The van der Waals surface area contributed by atoms with Crippen LogP contribution in [0.3, 0.4) is 0 Å². The van der Waals surface area contributed by atoms with E-state index in [1.165, 1.54) is 6.07 Å². The van der Waals surface area contributed by atoms with Gasteiger partial charge >= 0.3 is 6.61 Å². The van der Waals surface area contributed by atoms with Crippen LogP contribution in [0, 0.1) is 0 Å². The van der Waals surface area contributed by atoms with Crippen LogP contribution in [0.1, 0.15) is 11.4 Å². The summed E-state index contributed by atoms with van der Waals surface area (Å²) in [7, 11) is 1.59. The molecule has 5 rings (SSSR count). The number of imidazole rings is 1. The average Bonchev–Trinajstić information content (AvgIpc) is 3.22. The molecule has 4 aromatic rings. The van der Waals surface area contributed by atoms with E-state index in [-0.39, 0.29) is 12.4 Å². The van der Waals surface area contributed by atoms with Crippen molar-refractivity contribution in [2.75, 3.05) is 38.3 Å². The molecule has 0 amide bonds. The van der Waals surface area contributed by atoms with Gasteiger partial charge in [0.2, 0.25) is 5.95 Å². The van der Waals surface area contributed by atoms with E-state index in [0.29, 0.717) is 37.1 Å². The maximum absolute atomic E-state index is 12.9. The molecule has 0 saturated carbocycles. The molecule has 35 heavy (non-hydrogen) atoms. The number of halogens is 2. The number of fused-ring (bicyclic) bond motifs is 1. The smallest absolute Gasteiger partial charge is 0.387 e. The van der Waals surface area contributed by atoms with Gasteiger partial charge in [-0.15, -0.1) is 0 Å². The number of para-hydroxylation sites is 1. The van der Waals surface area contributed by atoms with Crippen molar-refractivity contribution >= 4 is 17.0 Å². The fourth-order valence-corrected chi connectivity index (χ4v) is 4.18. The Morgan fingerprint density at radius 3 is 2.54 bits per heavy atom. The second-order valence-electron chi connectivity index (χ2n) is 8.11. The first-order chi connectivity index (χ1) is 17.1. The van der Waals surface area contributed by atoms with Gasteiger partial charge < -0.3 is 23.7 Å². The molecule has 8 nitrogen and oxygen atoms in total. The summed E-state index contributed by atoms with van der Waals surface area (Å²) in [6.45, 7) is 0.545. The van der Waals surface area contributed by atoms with Gasteiger partial charge in [0.1, 0.15) is 18.2 Å². The summed E-state index contributed by atoms with van der Waals surface area (Å²) < 4.78 is 43.3.